The number of unbranched alkanes of at least 4 members (excludes halogenated alkanes) is 2. The maximum Gasteiger partial charge on any atom is -0.0268 e. The fourth-order valence-electron chi connectivity index (χ4n) is 2.88. The van der Waals surface area contributed by atoms with Crippen molar-refractivity contribution in [1.82, 2.24) is 0 Å². The van der Waals surface area contributed by atoms with Crippen LogP contribution in [0.4, 0.5) is 0 Å². The molecule has 0 heterocycles. The van der Waals surface area contributed by atoms with Gasteiger partial charge in [-0.25, -0.2) is 0 Å². The largest absolute Gasteiger partial charge is 0.103 e. The molecule has 220 valence electrons. The van der Waals surface area contributed by atoms with Crippen LogP contribution in [0.25, 0.3) is 0 Å². The second-order valence-electron chi connectivity index (χ2n) is 9.20. The normalized spacial score (nSPS) is 8.62. The van der Waals surface area contributed by atoms with E-state index in [0.717, 1.165) is 6.42 Å². The maximum absolute atomic E-state index is 3.93. The minimum Gasteiger partial charge on any atom is -0.103 e. The average molecular weight is 517 g/mol. The number of hydrogen-bond acceptors (Lipinski definition) is 0. The van der Waals surface area contributed by atoms with Gasteiger partial charge >= 0.3 is 0 Å². The number of aryl methyl sites for hydroxylation is 2. The van der Waals surface area contributed by atoms with E-state index in [1.165, 1.54) is 74.5 Å². The molecule has 0 aliphatic carbocycles. The molecule has 0 spiro atoms. The zero-order chi connectivity index (χ0) is 29.3. The minimum atomic E-state index is 0. The van der Waals surface area contributed by atoms with Crippen LogP contribution in [0.5, 0.6) is 0 Å². The quantitative estimate of drug-likeness (QED) is 0.202. The highest BCUT2D eigenvalue weighted by atomic mass is 14.3. The summed E-state index contributed by atoms with van der Waals surface area (Å²) in [5, 5.41) is 0. The minimum absolute atomic E-state index is 0. The van der Waals surface area contributed by atoms with Gasteiger partial charge in [-0.15, -0.1) is 26.3 Å². The molecule has 0 nitrogen and oxygen atoms in total. The molecule has 1 rings (SSSR count). The Morgan fingerprint density at radius 2 is 1.19 bits per heavy atom. The van der Waals surface area contributed by atoms with Crippen LogP contribution in [-0.4, -0.2) is 0 Å². The predicted molar refractivity (Wildman–Crippen MR) is 182 cm³/mol. The van der Waals surface area contributed by atoms with E-state index in [0.29, 0.717) is 5.41 Å². The molecule has 0 saturated heterocycles. The molecule has 0 aliphatic rings. The molecule has 0 radical (unpaired) electrons. The Morgan fingerprint density at radius 3 is 1.46 bits per heavy atom. The molecule has 0 atom stereocenters. The van der Waals surface area contributed by atoms with Gasteiger partial charge in [0.2, 0.25) is 0 Å². The Bertz CT molecular complexity index is 548. The molecule has 1 aromatic rings. The SMILES string of the molecule is C.C=C(C)C.C=CC.C=CCC.C=CCC(CC)(CC)CCCCc1ccc(C)cc1.CC.CCCC. The van der Waals surface area contributed by atoms with Crippen molar-refractivity contribution in [2.45, 2.75) is 148 Å². The number of hydrogen-bond donors (Lipinski definition) is 0. The molecule has 0 aliphatic heterocycles. The van der Waals surface area contributed by atoms with Crippen molar-refractivity contribution in [2.75, 3.05) is 0 Å². The summed E-state index contributed by atoms with van der Waals surface area (Å²) in [5.74, 6) is 0. The van der Waals surface area contributed by atoms with Crippen molar-refractivity contribution in [1.29, 1.82) is 0 Å². The molecule has 0 amide bonds. The standard InChI is InChI=1S/C19H30.C4H8.C4H10.C4H8.C3H6.C2H6.CH4/c1-5-15-19(6-2,7-3)16-9-8-10-18-13-11-17(4)12-14-18;1-4(2)3;2*1-3-4-2;1-3-2;1-2;/h5,11-14H,1,6-10,15-16H2,2-4H3;1H2,2-3H3;3-4H2,1-2H3;3H,1,4H2,2H3;3H,1H2,2H3;1-2H3;1H4. The highest BCUT2D eigenvalue weighted by Gasteiger charge is 2.23. The molecule has 0 saturated carbocycles. The summed E-state index contributed by atoms with van der Waals surface area (Å²) in [6, 6.07) is 8.97. The van der Waals surface area contributed by atoms with E-state index in [2.05, 4.69) is 98.2 Å². The Balaban J connectivity index is -0.000000110. The molecule has 1 aromatic carbocycles. The Hall–Kier alpha value is -1.82. The van der Waals surface area contributed by atoms with Gasteiger partial charge in [0.25, 0.3) is 0 Å². The highest BCUT2D eigenvalue weighted by molar-refractivity contribution is 5.21. The Kier molecular flexibility index (Phi) is 53.9. The van der Waals surface area contributed by atoms with Crippen molar-refractivity contribution < 1.29 is 0 Å². The molecule has 0 aromatic heterocycles. The molecule has 0 unspecified atom stereocenters. The van der Waals surface area contributed by atoms with E-state index in [-0.39, 0.29) is 7.43 Å². The predicted octanol–water partition coefficient (Wildman–Crippen LogP) is 13.9. The summed E-state index contributed by atoms with van der Waals surface area (Å²) >= 11 is 0. The number of rotatable bonds is 11. The number of allylic oxidation sites excluding steroid dienone is 4. The van der Waals surface area contributed by atoms with Crippen molar-refractivity contribution in [3.63, 3.8) is 0 Å². The van der Waals surface area contributed by atoms with Gasteiger partial charge in [0.05, 0.1) is 0 Å². The van der Waals surface area contributed by atoms with Crippen molar-refractivity contribution in [2.24, 2.45) is 5.41 Å². The van der Waals surface area contributed by atoms with Gasteiger partial charge in [-0.05, 0) is 70.8 Å². The van der Waals surface area contributed by atoms with Crippen molar-refractivity contribution >= 4 is 0 Å². The lowest BCUT2D eigenvalue weighted by molar-refractivity contribution is 0.234. The van der Waals surface area contributed by atoms with Gasteiger partial charge in [0, 0.05) is 0 Å². The molecular weight excluding hydrogens is 444 g/mol. The van der Waals surface area contributed by atoms with E-state index in [1.54, 1.807) is 6.08 Å². The smallest absolute Gasteiger partial charge is 0.0268 e. The molecule has 0 heteroatoms. The van der Waals surface area contributed by atoms with E-state index in [9.17, 15) is 0 Å². The third-order valence-electron chi connectivity index (χ3n) is 5.41. The van der Waals surface area contributed by atoms with Crippen LogP contribution in [0.1, 0.15) is 146 Å². The second kappa shape index (κ2) is 41.3. The molecule has 37 heavy (non-hydrogen) atoms. The lowest BCUT2D eigenvalue weighted by Crippen LogP contribution is -2.17. The van der Waals surface area contributed by atoms with E-state index < -0.39 is 0 Å². The fraction of sp³-hybridized carbons (Fsp3) is 0.622. The maximum atomic E-state index is 3.93. The first kappa shape index (κ1) is 48.3. The van der Waals surface area contributed by atoms with Gasteiger partial charge in [-0.2, -0.15) is 0 Å². The second-order valence-corrected chi connectivity index (χ2v) is 9.20. The van der Waals surface area contributed by atoms with Crippen LogP contribution >= 0.6 is 0 Å². The summed E-state index contributed by atoms with van der Waals surface area (Å²) < 4.78 is 0. The lowest BCUT2D eigenvalue weighted by Gasteiger charge is -2.30. The zero-order valence-electron chi connectivity index (χ0n) is 26.9. The first-order valence-corrected chi connectivity index (χ1v) is 14.6. The van der Waals surface area contributed by atoms with Crippen LogP contribution in [0.2, 0.25) is 0 Å². The topological polar surface area (TPSA) is 0 Å². The van der Waals surface area contributed by atoms with Gasteiger partial charge in [-0.1, -0.05) is 142 Å². The first-order valence-electron chi connectivity index (χ1n) is 14.6. The van der Waals surface area contributed by atoms with Crippen LogP contribution < -0.4 is 0 Å². The van der Waals surface area contributed by atoms with Gasteiger partial charge in [0.1, 0.15) is 0 Å². The average Bonchev–Trinajstić information content (AvgIpc) is 2.88. The Morgan fingerprint density at radius 1 is 0.811 bits per heavy atom. The van der Waals surface area contributed by atoms with E-state index in [4.69, 9.17) is 0 Å². The van der Waals surface area contributed by atoms with Crippen LogP contribution in [0, 0.1) is 12.3 Å². The summed E-state index contributed by atoms with van der Waals surface area (Å²) in [6.45, 7) is 37.4. The molecule has 0 fully saturated rings. The fourth-order valence-corrected chi connectivity index (χ4v) is 2.88. The molecule has 0 bridgehead atoms. The monoisotopic (exact) mass is 517 g/mol. The summed E-state index contributed by atoms with van der Waals surface area (Å²) in [4.78, 5) is 0. The molecular formula is C37H72. The summed E-state index contributed by atoms with van der Waals surface area (Å²) in [5.41, 5.74) is 4.51. The zero-order valence-corrected chi connectivity index (χ0v) is 26.9. The summed E-state index contributed by atoms with van der Waals surface area (Å²) in [7, 11) is 0. The van der Waals surface area contributed by atoms with Gasteiger partial charge in [-0.3, -0.25) is 0 Å². The first-order chi connectivity index (χ1) is 17.1. The molecule has 0 N–H and O–H groups in total. The lowest BCUT2D eigenvalue weighted by atomic mass is 9.75. The van der Waals surface area contributed by atoms with E-state index >= 15 is 0 Å². The van der Waals surface area contributed by atoms with Crippen LogP contribution in [-0.2, 0) is 6.42 Å². The number of benzene rings is 1. The van der Waals surface area contributed by atoms with Crippen LogP contribution in [0.3, 0.4) is 0 Å². The Labute approximate surface area is 238 Å². The summed E-state index contributed by atoms with van der Waals surface area (Å²) in [6.07, 6.45) is 18.4. The third kappa shape index (κ3) is 44.6. The van der Waals surface area contributed by atoms with E-state index in [1.807, 2.05) is 40.7 Å². The van der Waals surface area contributed by atoms with Gasteiger partial charge in [0.15, 0.2) is 0 Å². The van der Waals surface area contributed by atoms with Crippen molar-refractivity contribution in [3.05, 3.63) is 85.5 Å². The highest BCUT2D eigenvalue weighted by Crippen LogP contribution is 2.36. The van der Waals surface area contributed by atoms with Gasteiger partial charge < -0.3 is 0 Å². The third-order valence-corrected chi connectivity index (χ3v) is 5.41. The van der Waals surface area contributed by atoms with Crippen molar-refractivity contribution in [3.8, 4) is 0 Å². The van der Waals surface area contributed by atoms with Crippen LogP contribution in [0.15, 0.2) is 74.4 Å².